The Hall–Kier alpha value is -0.870. The molecule has 1 rings (SSSR count). The number of nitrogens with zero attached hydrogens (tertiary/aromatic N) is 1. The molecule has 4 heteroatoms. The smallest absolute Gasteiger partial charge is 0.181 e. The highest BCUT2D eigenvalue weighted by Crippen LogP contribution is 2.08. The average Bonchev–Trinajstić information content (AvgIpc) is 2.60. The Labute approximate surface area is 78.1 Å². The molecular formula is C9H16N2O2. The maximum atomic E-state index is 5.47. The van der Waals surface area contributed by atoms with E-state index in [-0.39, 0.29) is 0 Å². The molecule has 0 amide bonds. The first kappa shape index (κ1) is 10.2. The lowest BCUT2D eigenvalue weighted by Crippen LogP contribution is -2.02. The summed E-state index contributed by atoms with van der Waals surface area (Å²) in [6, 6.07) is 0. The molecule has 4 nitrogen and oxygen atoms in total. The fourth-order valence-electron chi connectivity index (χ4n) is 1.14. The van der Waals surface area contributed by atoms with Crippen molar-refractivity contribution in [1.82, 2.24) is 4.98 Å². The zero-order valence-electron chi connectivity index (χ0n) is 7.95. The predicted molar refractivity (Wildman–Crippen MR) is 49.2 cm³/mol. The van der Waals surface area contributed by atoms with Crippen molar-refractivity contribution in [1.29, 1.82) is 0 Å². The lowest BCUT2D eigenvalue weighted by molar-refractivity contribution is 0.144. The standard InChI is InChI=1S/C9H16N2O2/c1-2-12-5-3-4-9-8(6-10)11-7-13-9/h7H,2-6,10H2,1H3. The van der Waals surface area contributed by atoms with Gasteiger partial charge in [-0.15, -0.1) is 0 Å². The summed E-state index contributed by atoms with van der Waals surface area (Å²) in [5.74, 6) is 0.891. The Morgan fingerprint density at radius 2 is 2.46 bits per heavy atom. The Bertz CT molecular complexity index is 235. The van der Waals surface area contributed by atoms with Crippen molar-refractivity contribution < 1.29 is 9.15 Å². The Balaban J connectivity index is 2.27. The molecule has 0 atom stereocenters. The van der Waals surface area contributed by atoms with Crippen molar-refractivity contribution in [2.75, 3.05) is 13.2 Å². The third kappa shape index (κ3) is 3.16. The fourth-order valence-corrected chi connectivity index (χ4v) is 1.14. The van der Waals surface area contributed by atoms with Gasteiger partial charge in [0.15, 0.2) is 6.39 Å². The first-order chi connectivity index (χ1) is 6.38. The summed E-state index contributed by atoms with van der Waals surface area (Å²) in [6.45, 7) is 3.96. The molecule has 0 bridgehead atoms. The molecule has 0 fully saturated rings. The molecule has 0 spiro atoms. The van der Waals surface area contributed by atoms with Crippen molar-refractivity contribution in [3.63, 3.8) is 0 Å². The van der Waals surface area contributed by atoms with Gasteiger partial charge in [0.1, 0.15) is 5.76 Å². The molecule has 0 saturated heterocycles. The van der Waals surface area contributed by atoms with Gasteiger partial charge in [-0.25, -0.2) is 4.98 Å². The van der Waals surface area contributed by atoms with Gasteiger partial charge in [0.2, 0.25) is 0 Å². The van der Waals surface area contributed by atoms with Gasteiger partial charge in [0.05, 0.1) is 5.69 Å². The SMILES string of the molecule is CCOCCCc1ocnc1CN. The van der Waals surface area contributed by atoms with Crippen LogP contribution in [-0.4, -0.2) is 18.2 Å². The van der Waals surface area contributed by atoms with Crippen molar-refractivity contribution in [3.8, 4) is 0 Å². The van der Waals surface area contributed by atoms with Gasteiger partial charge in [-0.2, -0.15) is 0 Å². The monoisotopic (exact) mass is 184 g/mol. The summed E-state index contributed by atoms with van der Waals surface area (Å²) in [7, 11) is 0. The predicted octanol–water partition coefficient (Wildman–Crippen LogP) is 1.10. The van der Waals surface area contributed by atoms with Gasteiger partial charge >= 0.3 is 0 Å². The van der Waals surface area contributed by atoms with Crippen LogP contribution in [-0.2, 0) is 17.7 Å². The number of ether oxygens (including phenoxy) is 1. The van der Waals surface area contributed by atoms with E-state index in [4.69, 9.17) is 14.9 Å². The summed E-state index contributed by atoms with van der Waals surface area (Å²) in [5, 5.41) is 0. The Morgan fingerprint density at radius 1 is 1.62 bits per heavy atom. The van der Waals surface area contributed by atoms with Gasteiger partial charge in [-0.1, -0.05) is 0 Å². The van der Waals surface area contributed by atoms with Gasteiger partial charge in [-0.05, 0) is 13.3 Å². The summed E-state index contributed by atoms with van der Waals surface area (Å²) in [4.78, 5) is 4.00. The van der Waals surface area contributed by atoms with Crippen molar-refractivity contribution in [2.45, 2.75) is 26.3 Å². The molecule has 0 aliphatic carbocycles. The molecular weight excluding hydrogens is 168 g/mol. The van der Waals surface area contributed by atoms with Crippen molar-refractivity contribution >= 4 is 0 Å². The zero-order chi connectivity index (χ0) is 9.52. The van der Waals surface area contributed by atoms with E-state index < -0.39 is 0 Å². The van der Waals surface area contributed by atoms with Gasteiger partial charge in [0, 0.05) is 26.2 Å². The first-order valence-electron chi connectivity index (χ1n) is 4.57. The van der Waals surface area contributed by atoms with Gasteiger partial charge in [0.25, 0.3) is 0 Å². The van der Waals surface area contributed by atoms with Crippen LogP contribution >= 0.6 is 0 Å². The van der Waals surface area contributed by atoms with Gasteiger partial charge in [-0.3, -0.25) is 0 Å². The van der Waals surface area contributed by atoms with E-state index >= 15 is 0 Å². The fraction of sp³-hybridized carbons (Fsp3) is 0.667. The number of aryl methyl sites for hydroxylation is 1. The summed E-state index contributed by atoms with van der Waals surface area (Å²) >= 11 is 0. The number of aromatic nitrogens is 1. The molecule has 0 aliphatic heterocycles. The van der Waals surface area contributed by atoms with E-state index in [1.54, 1.807) is 0 Å². The molecule has 0 radical (unpaired) electrons. The maximum absolute atomic E-state index is 5.47. The maximum Gasteiger partial charge on any atom is 0.181 e. The van der Waals surface area contributed by atoms with Crippen LogP contribution in [0.25, 0.3) is 0 Å². The van der Waals surface area contributed by atoms with Crippen molar-refractivity contribution in [3.05, 3.63) is 17.8 Å². The van der Waals surface area contributed by atoms with E-state index in [0.717, 1.165) is 37.5 Å². The normalized spacial score (nSPS) is 10.6. The molecule has 0 aromatic carbocycles. The van der Waals surface area contributed by atoms with Crippen LogP contribution in [0.3, 0.4) is 0 Å². The number of hydrogen-bond donors (Lipinski definition) is 1. The van der Waals surface area contributed by atoms with E-state index in [9.17, 15) is 0 Å². The molecule has 0 unspecified atom stereocenters. The van der Waals surface area contributed by atoms with E-state index in [0.29, 0.717) is 6.54 Å². The van der Waals surface area contributed by atoms with Gasteiger partial charge < -0.3 is 14.9 Å². The molecule has 2 N–H and O–H groups in total. The first-order valence-corrected chi connectivity index (χ1v) is 4.57. The molecule has 74 valence electrons. The number of oxazole rings is 1. The highest BCUT2D eigenvalue weighted by Gasteiger charge is 2.05. The molecule has 1 aromatic rings. The van der Waals surface area contributed by atoms with Crippen LogP contribution in [0.1, 0.15) is 24.8 Å². The van der Waals surface area contributed by atoms with Crippen LogP contribution in [0, 0.1) is 0 Å². The average molecular weight is 184 g/mol. The van der Waals surface area contributed by atoms with E-state index in [1.165, 1.54) is 6.39 Å². The highest BCUT2D eigenvalue weighted by molar-refractivity contribution is 5.06. The summed E-state index contributed by atoms with van der Waals surface area (Å²) in [6.07, 6.45) is 3.25. The quantitative estimate of drug-likeness (QED) is 0.672. The third-order valence-electron chi connectivity index (χ3n) is 1.82. The number of hydrogen-bond acceptors (Lipinski definition) is 4. The van der Waals surface area contributed by atoms with E-state index in [1.807, 2.05) is 6.92 Å². The lowest BCUT2D eigenvalue weighted by Gasteiger charge is -1.99. The van der Waals surface area contributed by atoms with Crippen LogP contribution in [0.5, 0.6) is 0 Å². The summed E-state index contributed by atoms with van der Waals surface area (Å²) in [5.41, 5.74) is 6.33. The summed E-state index contributed by atoms with van der Waals surface area (Å²) < 4.78 is 10.4. The minimum Gasteiger partial charge on any atom is -0.448 e. The second-order valence-electron chi connectivity index (χ2n) is 2.73. The van der Waals surface area contributed by atoms with Crippen LogP contribution in [0.2, 0.25) is 0 Å². The molecule has 1 heterocycles. The van der Waals surface area contributed by atoms with Crippen LogP contribution in [0.4, 0.5) is 0 Å². The molecule has 13 heavy (non-hydrogen) atoms. The molecule has 0 saturated carbocycles. The molecule has 1 aromatic heterocycles. The second-order valence-corrected chi connectivity index (χ2v) is 2.73. The zero-order valence-corrected chi connectivity index (χ0v) is 7.95. The number of rotatable bonds is 6. The third-order valence-corrected chi connectivity index (χ3v) is 1.82. The van der Waals surface area contributed by atoms with Crippen LogP contribution < -0.4 is 5.73 Å². The Morgan fingerprint density at radius 3 is 3.15 bits per heavy atom. The minimum atomic E-state index is 0.445. The Kier molecular flexibility index (Phi) is 4.49. The second kappa shape index (κ2) is 5.72. The van der Waals surface area contributed by atoms with E-state index in [2.05, 4.69) is 4.98 Å². The topological polar surface area (TPSA) is 61.3 Å². The number of nitrogens with two attached hydrogens (primary N) is 1. The largest absolute Gasteiger partial charge is 0.448 e. The van der Waals surface area contributed by atoms with Crippen molar-refractivity contribution in [2.24, 2.45) is 5.73 Å². The van der Waals surface area contributed by atoms with Crippen LogP contribution in [0.15, 0.2) is 10.8 Å². The highest BCUT2D eigenvalue weighted by atomic mass is 16.5. The minimum absolute atomic E-state index is 0.445. The lowest BCUT2D eigenvalue weighted by atomic mass is 10.2. The molecule has 0 aliphatic rings.